The number of para-hydroxylation sites is 1. The molecule has 0 saturated carbocycles. The van der Waals surface area contributed by atoms with E-state index in [2.05, 4.69) is 199 Å². The Morgan fingerprint density at radius 1 is 0.328 bits per heavy atom. The Hall–Kier alpha value is -8.25. The number of aromatic nitrogens is 4. The maximum Gasteiger partial charge on any atom is 0.164 e. The van der Waals surface area contributed by atoms with Crippen molar-refractivity contribution >= 4 is 74.9 Å². The van der Waals surface area contributed by atoms with E-state index in [0.29, 0.717) is 17.5 Å². The number of rotatable bonds is 6. The molecule has 4 nitrogen and oxygen atoms in total. The van der Waals surface area contributed by atoms with Gasteiger partial charge in [-0.25, -0.2) is 15.0 Å². The van der Waals surface area contributed by atoms with Gasteiger partial charge in [-0.2, -0.15) is 0 Å². The van der Waals surface area contributed by atoms with Crippen molar-refractivity contribution in [1.82, 2.24) is 19.5 Å². The van der Waals surface area contributed by atoms with Gasteiger partial charge in [-0.05, 0) is 92.3 Å². The van der Waals surface area contributed by atoms with E-state index in [4.69, 9.17) is 15.0 Å². The lowest BCUT2D eigenvalue weighted by Gasteiger charge is -2.16. The molecule has 0 unspecified atom stereocenters. The van der Waals surface area contributed by atoms with Gasteiger partial charge in [0.05, 0.1) is 11.0 Å². The fourth-order valence-electron chi connectivity index (χ4n) is 9.61. The van der Waals surface area contributed by atoms with Gasteiger partial charge in [0.1, 0.15) is 0 Å². The summed E-state index contributed by atoms with van der Waals surface area (Å²) in [6.07, 6.45) is 0. The second-order valence-electron chi connectivity index (χ2n) is 16.4. The zero-order valence-corrected chi connectivity index (χ0v) is 35.3. The standard InChI is InChI=1S/C59H36N4S/c1-3-15-37(16-4-1)40-22-13-23-43(33-40)58-60-57(39-18-5-2-6-19-39)61-59(62-58)48-32-30-44(63-52-27-12-11-25-46(52)51-34-41-20-7-8-21-42(41)35-53(51)63)36-50(48)47-26-14-28-54-55(47)49-31-29-38-17-9-10-24-45(38)56(49)64-54/h1-36H. The Morgan fingerprint density at radius 3 is 1.80 bits per heavy atom. The highest BCUT2D eigenvalue weighted by Gasteiger charge is 2.22. The van der Waals surface area contributed by atoms with Crippen molar-refractivity contribution in [3.05, 3.63) is 218 Å². The molecule has 5 heteroatoms. The molecule has 0 aliphatic heterocycles. The second-order valence-corrected chi connectivity index (χ2v) is 17.4. The molecule has 10 aromatic carbocycles. The van der Waals surface area contributed by atoms with Crippen LogP contribution >= 0.6 is 11.3 Å². The topological polar surface area (TPSA) is 43.6 Å². The fraction of sp³-hybridized carbons (Fsp3) is 0. The van der Waals surface area contributed by atoms with E-state index < -0.39 is 0 Å². The van der Waals surface area contributed by atoms with Crippen LogP contribution in [0.3, 0.4) is 0 Å². The quantitative estimate of drug-likeness (QED) is 0.168. The largest absolute Gasteiger partial charge is 0.309 e. The van der Waals surface area contributed by atoms with Crippen LogP contribution < -0.4 is 0 Å². The molecule has 298 valence electrons. The highest BCUT2D eigenvalue weighted by Crippen LogP contribution is 2.46. The van der Waals surface area contributed by atoms with E-state index in [1.807, 2.05) is 35.6 Å². The number of benzene rings is 10. The van der Waals surface area contributed by atoms with Gasteiger partial charge < -0.3 is 4.57 Å². The molecule has 13 rings (SSSR count). The summed E-state index contributed by atoms with van der Waals surface area (Å²) in [7, 11) is 0. The molecular weight excluding hydrogens is 797 g/mol. The first kappa shape index (κ1) is 36.4. The summed E-state index contributed by atoms with van der Waals surface area (Å²) in [5.41, 5.74) is 10.6. The minimum absolute atomic E-state index is 0.616. The summed E-state index contributed by atoms with van der Waals surface area (Å²) in [6.45, 7) is 0. The van der Waals surface area contributed by atoms with Crippen LogP contribution in [-0.2, 0) is 0 Å². The van der Waals surface area contributed by atoms with Gasteiger partial charge in [0.15, 0.2) is 17.5 Å². The first-order valence-corrected chi connectivity index (χ1v) is 22.4. The van der Waals surface area contributed by atoms with E-state index in [0.717, 1.165) is 55.7 Å². The predicted molar refractivity (Wildman–Crippen MR) is 269 cm³/mol. The Balaban J connectivity index is 1.11. The van der Waals surface area contributed by atoms with Crippen molar-refractivity contribution in [2.75, 3.05) is 0 Å². The van der Waals surface area contributed by atoms with Gasteiger partial charge >= 0.3 is 0 Å². The summed E-state index contributed by atoms with van der Waals surface area (Å²) in [5.74, 6) is 1.86. The highest BCUT2D eigenvalue weighted by molar-refractivity contribution is 7.26. The van der Waals surface area contributed by atoms with Crippen LogP contribution in [0.2, 0.25) is 0 Å². The molecule has 13 aromatic rings. The van der Waals surface area contributed by atoms with E-state index in [9.17, 15) is 0 Å². The van der Waals surface area contributed by atoms with E-state index in [1.165, 1.54) is 52.5 Å². The number of hydrogen-bond donors (Lipinski definition) is 0. The first-order chi connectivity index (χ1) is 31.7. The van der Waals surface area contributed by atoms with E-state index in [-0.39, 0.29) is 0 Å². The van der Waals surface area contributed by atoms with Gasteiger partial charge in [-0.15, -0.1) is 11.3 Å². The number of hydrogen-bond acceptors (Lipinski definition) is 4. The molecule has 0 saturated heterocycles. The van der Waals surface area contributed by atoms with Crippen molar-refractivity contribution < 1.29 is 0 Å². The van der Waals surface area contributed by atoms with Crippen LogP contribution in [-0.4, -0.2) is 19.5 Å². The van der Waals surface area contributed by atoms with Gasteiger partial charge in [0, 0.05) is 53.3 Å². The maximum atomic E-state index is 5.39. The molecule has 0 radical (unpaired) electrons. The molecule has 0 bridgehead atoms. The molecule has 0 spiro atoms. The summed E-state index contributed by atoms with van der Waals surface area (Å²) in [6, 6.07) is 78.1. The van der Waals surface area contributed by atoms with Gasteiger partial charge in [-0.1, -0.05) is 170 Å². The Kier molecular flexibility index (Phi) is 8.36. The number of nitrogens with zero attached hydrogens (tertiary/aromatic N) is 4. The molecule has 0 aliphatic rings. The lowest BCUT2D eigenvalue weighted by atomic mass is 9.93. The van der Waals surface area contributed by atoms with E-state index >= 15 is 0 Å². The lowest BCUT2D eigenvalue weighted by molar-refractivity contribution is 1.07. The summed E-state index contributed by atoms with van der Waals surface area (Å²) < 4.78 is 4.95. The number of thiophene rings is 1. The third kappa shape index (κ3) is 5.93. The van der Waals surface area contributed by atoms with Gasteiger partial charge in [-0.3, -0.25) is 0 Å². The number of fused-ring (bicyclic) bond motifs is 9. The zero-order chi connectivity index (χ0) is 42.1. The SMILES string of the molecule is c1ccc(-c2cccc(-c3nc(-c4ccccc4)nc(-c4ccc(-n5c6ccccc6c6cc7ccccc7cc65)cc4-c4cccc5sc6c7ccccc7ccc6c45)n3)c2)cc1. The van der Waals surface area contributed by atoms with Crippen molar-refractivity contribution in [1.29, 1.82) is 0 Å². The van der Waals surface area contributed by atoms with Crippen molar-refractivity contribution in [3.63, 3.8) is 0 Å². The highest BCUT2D eigenvalue weighted by atomic mass is 32.1. The molecular formula is C59H36N4S. The molecule has 0 atom stereocenters. The van der Waals surface area contributed by atoms with Crippen LogP contribution in [0.15, 0.2) is 218 Å². The third-order valence-electron chi connectivity index (χ3n) is 12.6. The van der Waals surface area contributed by atoms with Crippen molar-refractivity contribution in [3.8, 4) is 62.1 Å². The summed E-state index contributed by atoms with van der Waals surface area (Å²) >= 11 is 1.86. The van der Waals surface area contributed by atoms with Crippen molar-refractivity contribution in [2.24, 2.45) is 0 Å². The monoisotopic (exact) mass is 832 g/mol. The summed E-state index contributed by atoms with van der Waals surface area (Å²) in [5, 5.41) is 9.87. The minimum Gasteiger partial charge on any atom is -0.309 e. The minimum atomic E-state index is 0.616. The molecule has 64 heavy (non-hydrogen) atoms. The van der Waals surface area contributed by atoms with Crippen LogP contribution in [0.4, 0.5) is 0 Å². The fourth-order valence-corrected chi connectivity index (χ4v) is 10.9. The van der Waals surface area contributed by atoms with Gasteiger partial charge in [0.2, 0.25) is 0 Å². The second kappa shape index (κ2) is 14.7. The molecule has 3 heterocycles. The Bertz CT molecular complexity index is 3960. The molecule has 0 amide bonds. The molecule has 0 fully saturated rings. The zero-order valence-electron chi connectivity index (χ0n) is 34.5. The lowest BCUT2D eigenvalue weighted by Crippen LogP contribution is -2.02. The molecule has 3 aromatic heterocycles. The Morgan fingerprint density at radius 2 is 0.969 bits per heavy atom. The maximum absolute atomic E-state index is 5.39. The average molecular weight is 833 g/mol. The average Bonchev–Trinajstić information content (AvgIpc) is 3.92. The first-order valence-electron chi connectivity index (χ1n) is 21.6. The smallest absolute Gasteiger partial charge is 0.164 e. The Labute approximate surface area is 373 Å². The van der Waals surface area contributed by atoms with E-state index in [1.54, 1.807) is 0 Å². The van der Waals surface area contributed by atoms with Crippen LogP contribution in [0.5, 0.6) is 0 Å². The third-order valence-corrected chi connectivity index (χ3v) is 13.8. The normalized spacial score (nSPS) is 11.8. The van der Waals surface area contributed by atoms with Crippen LogP contribution in [0, 0.1) is 0 Å². The van der Waals surface area contributed by atoms with Crippen molar-refractivity contribution in [2.45, 2.75) is 0 Å². The predicted octanol–water partition coefficient (Wildman–Crippen LogP) is 16.0. The van der Waals surface area contributed by atoms with Gasteiger partial charge in [0.25, 0.3) is 0 Å². The van der Waals surface area contributed by atoms with Crippen LogP contribution in [0.1, 0.15) is 0 Å². The molecule has 0 aliphatic carbocycles. The molecule has 0 N–H and O–H groups in total. The summed E-state index contributed by atoms with van der Waals surface area (Å²) in [4.78, 5) is 15.9. The van der Waals surface area contributed by atoms with Crippen LogP contribution in [0.25, 0.3) is 126 Å².